The fourth-order valence-electron chi connectivity index (χ4n) is 3.13. The molecule has 5 nitrogen and oxygen atoms in total. The van der Waals surface area contributed by atoms with E-state index in [1.807, 2.05) is 17.0 Å². The van der Waals surface area contributed by atoms with E-state index < -0.39 is 0 Å². The fraction of sp³-hybridized carbons (Fsp3) is 0.368. The van der Waals surface area contributed by atoms with E-state index in [-0.39, 0.29) is 11.7 Å². The van der Waals surface area contributed by atoms with Crippen molar-refractivity contribution in [2.45, 2.75) is 12.8 Å². The summed E-state index contributed by atoms with van der Waals surface area (Å²) in [4.78, 5) is 18.9. The molecule has 1 N–H and O–H groups in total. The SMILES string of the molecule is COCC1CCCN(C(=O)c2ccc(-c3ccc(O)cc3)nc2)C1. The Bertz CT molecular complexity index is 681. The number of phenolic OH excluding ortho intramolecular Hbond substituents is 1. The zero-order valence-corrected chi connectivity index (χ0v) is 13.8. The quantitative estimate of drug-likeness (QED) is 0.938. The number of likely N-dealkylation sites (tertiary alicyclic amines) is 1. The van der Waals surface area contributed by atoms with Gasteiger partial charge in [-0.15, -0.1) is 0 Å². The number of hydrogen-bond donors (Lipinski definition) is 1. The van der Waals surface area contributed by atoms with Crippen LogP contribution in [0.2, 0.25) is 0 Å². The third-order valence-electron chi connectivity index (χ3n) is 4.38. The smallest absolute Gasteiger partial charge is 0.255 e. The molecule has 2 heterocycles. The number of aromatic hydroxyl groups is 1. The van der Waals surface area contributed by atoms with Crippen LogP contribution in [-0.4, -0.2) is 47.7 Å². The van der Waals surface area contributed by atoms with Crippen LogP contribution in [0.15, 0.2) is 42.6 Å². The first-order valence-electron chi connectivity index (χ1n) is 8.21. The molecule has 1 saturated heterocycles. The minimum atomic E-state index is 0.0283. The molecule has 5 heteroatoms. The van der Waals surface area contributed by atoms with E-state index in [9.17, 15) is 9.90 Å². The van der Waals surface area contributed by atoms with Gasteiger partial charge < -0.3 is 14.7 Å². The number of ether oxygens (including phenoxy) is 1. The lowest BCUT2D eigenvalue weighted by molar-refractivity contribution is 0.0570. The van der Waals surface area contributed by atoms with Crippen molar-refractivity contribution in [2.75, 3.05) is 26.8 Å². The van der Waals surface area contributed by atoms with E-state index in [0.29, 0.717) is 18.1 Å². The Morgan fingerprint density at radius 2 is 2.08 bits per heavy atom. The molecule has 3 rings (SSSR count). The molecule has 1 unspecified atom stereocenters. The van der Waals surface area contributed by atoms with Gasteiger partial charge in [0.2, 0.25) is 0 Å². The van der Waals surface area contributed by atoms with Gasteiger partial charge in [-0.1, -0.05) is 0 Å². The Hall–Kier alpha value is -2.40. The monoisotopic (exact) mass is 326 g/mol. The maximum atomic E-state index is 12.7. The number of methoxy groups -OCH3 is 1. The Morgan fingerprint density at radius 3 is 2.75 bits per heavy atom. The number of aromatic nitrogens is 1. The van der Waals surface area contributed by atoms with Crippen molar-refractivity contribution in [1.29, 1.82) is 0 Å². The van der Waals surface area contributed by atoms with Crippen LogP contribution in [0, 0.1) is 5.92 Å². The minimum Gasteiger partial charge on any atom is -0.508 e. The summed E-state index contributed by atoms with van der Waals surface area (Å²) in [6, 6.07) is 10.5. The van der Waals surface area contributed by atoms with E-state index in [2.05, 4.69) is 4.98 Å². The van der Waals surface area contributed by atoms with Crippen molar-refractivity contribution in [3.05, 3.63) is 48.2 Å². The van der Waals surface area contributed by atoms with Crippen molar-refractivity contribution in [3.8, 4) is 17.0 Å². The number of pyridine rings is 1. The van der Waals surface area contributed by atoms with Gasteiger partial charge in [0, 0.05) is 32.0 Å². The first-order valence-corrected chi connectivity index (χ1v) is 8.21. The van der Waals surface area contributed by atoms with Crippen molar-refractivity contribution < 1.29 is 14.6 Å². The van der Waals surface area contributed by atoms with Gasteiger partial charge in [-0.3, -0.25) is 9.78 Å². The largest absolute Gasteiger partial charge is 0.508 e. The fourth-order valence-corrected chi connectivity index (χ4v) is 3.13. The van der Waals surface area contributed by atoms with Crippen molar-refractivity contribution >= 4 is 5.91 Å². The molecule has 24 heavy (non-hydrogen) atoms. The van der Waals surface area contributed by atoms with Crippen molar-refractivity contribution in [1.82, 2.24) is 9.88 Å². The molecule has 2 aromatic rings. The van der Waals surface area contributed by atoms with E-state index in [1.54, 1.807) is 37.6 Å². The number of hydrogen-bond acceptors (Lipinski definition) is 4. The summed E-state index contributed by atoms with van der Waals surface area (Å²) in [5, 5.41) is 9.34. The first-order chi connectivity index (χ1) is 11.7. The zero-order chi connectivity index (χ0) is 16.9. The van der Waals surface area contributed by atoms with Crippen LogP contribution in [0.1, 0.15) is 23.2 Å². The molecule has 0 radical (unpaired) electrons. The standard InChI is InChI=1S/C19H22N2O3/c1-24-13-14-3-2-10-21(12-14)19(23)16-6-9-18(20-11-16)15-4-7-17(22)8-5-15/h4-9,11,14,22H,2-3,10,12-13H2,1H3. The van der Waals surface area contributed by atoms with Crippen molar-refractivity contribution in [3.63, 3.8) is 0 Å². The predicted octanol–water partition coefficient (Wildman–Crippen LogP) is 2.95. The third-order valence-corrected chi connectivity index (χ3v) is 4.38. The highest BCUT2D eigenvalue weighted by molar-refractivity contribution is 5.94. The molecule has 1 aliphatic heterocycles. The van der Waals surface area contributed by atoms with Crippen LogP contribution in [0.4, 0.5) is 0 Å². The second kappa shape index (κ2) is 7.45. The lowest BCUT2D eigenvalue weighted by Gasteiger charge is -2.32. The maximum absolute atomic E-state index is 12.7. The topological polar surface area (TPSA) is 62.7 Å². The number of benzene rings is 1. The Labute approximate surface area is 141 Å². The number of amides is 1. The summed E-state index contributed by atoms with van der Waals surface area (Å²) < 4.78 is 5.22. The van der Waals surface area contributed by atoms with E-state index in [4.69, 9.17) is 4.74 Å². The van der Waals surface area contributed by atoms with Crippen molar-refractivity contribution in [2.24, 2.45) is 5.92 Å². The maximum Gasteiger partial charge on any atom is 0.255 e. The molecule has 1 aromatic heterocycles. The second-order valence-electron chi connectivity index (χ2n) is 6.19. The van der Waals surface area contributed by atoms with E-state index >= 15 is 0 Å². The van der Waals surface area contributed by atoms with Crippen LogP contribution in [0.5, 0.6) is 5.75 Å². The molecule has 0 spiro atoms. The molecule has 1 fully saturated rings. The molecular formula is C19H22N2O3. The number of rotatable bonds is 4. The molecule has 1 amide bonds. The van der Waals surface area contributed by atoms with Crippen LogP contribution in [0.25, 0.3) is 11.3 Å². The molecule has 1 atom stereocenters. The summed E-state index contributed by atoms with van der Waals surface area (Å²) in [5.41, 5.74) is 2.29. The molecule has 1 aliphatic rings. The van der Waals surface area contributed by atoms with E-state index in [1.165, 1.54) is 0 Å². The van der Waals surface area contributed by atoms with Crippen LogP contribution < -0.4 is 0 Å². The number of piperidine rings is 1. The Morgan fingerprint density at radius 1 is 1.29 bits per heavy atom. The van der Waals surface area contributed by atoms with Gasteiger partial charge in [0.15, 0.2) is 0 Å². The van der Waals surface area contributed by atoms with Crippen LogP contribution in [-0.2, 0) is 4.74 Å². The average Bonchev–Trinajstić information content (AvgIpc) is 2.62. The summed E-state index contributed by atoms with van der Waals surface area (Å²) in [6.07, 6.45) is 3.75. The molecule has 0 saturated carbocycles. The summed E-state index contributed by atoms with van der Waals surface area (Å²) in [5.74, 6) is 0.666. The highest BCUT2D eigenvalue weighted by atomic mass is 16.5. The van der Waals surface area contributed by atoms with Gasteiger partial charge in [-0.05, 0) is 55.2 Å². The van der Waals surface area contributed by atoms with Gasteiger partial charge in [0.25, 0.3) is 5.91 Å². The number of carbonyl (C=O) groups is 1. The highest BCUT2D eigenvalue weighted by Crippen LogP contribution is 2.22. The first kappa shape index (κ1) is 16.5. The molecule has 126 valence electrons. The zero-order valence-electron chi connectivity index (χ0n) is 13.8. The summed E-state index contributed by atoms with van der Waals surface area (Å²) in [7, 11) is 1.70. The number of carbonyl (C=O) groups excluding carboxylic acids is 1. The molecular weight excluding hydrogens is 304 g/mol. The molecule has 0 aliphatic carbocycles. The lowest BCUT2D eigenvalue weighted by Crippen LogP contribution is -2.41. The molecule has 1 aromatic carbocycles. The molecule has 0 bridgehead atoms. The van der Waals surface area contributed by atoms with Gasteiger partial charge >= 0.3 is 0 Å². The second-order valence-corrected chi connectivity index (χ2v) is 6.19. The normalized spacial score (nSPS) is 17.7. The lowest BCUT2D eigenvalue weighted by atomic mass is 9.98. The average molecular weight is 326 g/mol. The van der Waals surface area contributed by atoms with Crippen LogP contribution in [0.3, 0.4) is 0 Å². The summed E-state index contributed by atoms with van der Waals surface area (Å²) >= 11 is 0. The minimum absolute atomic E-state index is 0.0283. The Balaban J connectivity index is 1.70. The van der Waals surface area contributed by atoms with Gasteiger partial charge in [-0.25, -0.2) is 0 Å². The Kier molecular flexibility index (Phi) is 5.11. The summed E-state index contributed by atoms with van der Waals surface area (Å²) in [6.45, 7) is 2.23. The third kappa shape index (κ3) is 3.74. The van der Waals surface area contributed by atoms with Gasteiger partial charge in [-0.2, -0.15) is 0 Å². The highest BCUT2D eigenvalue weighted by Gasteiger charge is 2.24. The predicted molar refractivity (Wildman–Crippen MR) is 91.8 cm³/mol. The number of nitrogens with zero attached hydrogens (tertiary/aromatic N) is 2. The number of phenols is 1. The van der Waals surface area contributed by atoms with E-state index in [0.717, 1.165) is 37.2 Å². The van der Waals surface area contributed by atoms with Crippen LogP contribution >= 0.6 is 0 Å². The van der Waals surface area contributed by atoms with Gasteiger partial charge in [0.05, 0.1) is 17.9 Å². The van der Waals surface area contributed by atoms with Gasteiger partial charge in [0.1, 0.15) is 5.75 Å².